The zero-order valence-corrected chi connectivity index (χ0v) is 14.2. The molecular formula is C18H36N2. The van der Waals surface area contributed by atoms with Crippen LogP contribution in [0.5, 0.6) is 0 Å². The second kappa shape index (κ2) is 6.79. The first kappa shape index (κ1) is 16.3. The van der Waals surface area contributed by atoms with E-state index in [2.05, 4.69) is 32.6 Å². The second-order valence-electron chi connectivity index (χ2n) is 7.89. The van der Waals surface area contributed by atoms with Gasteiger partial charge in [-0.2, -0.15) is 0 Å². The second-order valence-corrected chi connectivity index (χ2v) is 7.89. The molecule has 0 aromatic carbocycles. The van der Waals surface area contributed by atoms with Crippen molar-refractivity contribution in [2.45, 2.75) is 72.3 Å². The van der Waals surface area contributed by atoms with Crippen molar-refractivity contribution in [3.63, 3.8) is 0 Å². The van der Waals surface area contributed by atoms with Crippen molar-refractivity contribution in [1.29, 1.82) is 0 Å². The predicted octanol–water partition coefficient (Wildman–Crippen LogP) is 3.90. The molecule has 1 aliphatic heterocycles. The Bertz CT molecular complexity index is 276. The minimum Gasteiger partial charge on any atom is -0.327 e. The van der Waals surface area contributed by atoms with Crippen LogP contribution in [0.4, 0.5) is 0 Å². The zero-order valence-electron chi connectivity index (χ0n) is 14.2. The van der Waals surface area contributed by atoms with Gasteiger partial charge in [0.1, 0.15) is 0 Å². The third-order valence-electron chi connectivity index (χ3n) is 6.62. The summed E-state index contributed by atoms with van der Waals surface area (Å²) in [5.74, 6) is 2.35. The zero-order chi connectivity index (χ0) is 14.8. The van der Waals surface area contributed by atoms with Crippen LogP contribution in [0.15, 0.2) is 0 Å². The Kier molecular flexibility index (Phi) is 5.53. The fourth-order valence-corrected chi connectivity index (χ4v) is 4.75. The lowest BCUT2D eigenvalue weighted by Crippen LogP contribution is -2.49. The van der Waals surface area contributed by atoms with Crippen molar-refractivity contribution in [2.24, 2.45) is 28.9 Å². The number of piperidine rings is 1. The molecule has 2 fully saturated rings. The minimum atomic E-state index is 0.429. The highest BCUT2D eigenvalue weighted by Crippen LogP contribution is 2.39. The number of nitrogens with zero attached hydrogens (tertiary/aromatic N) is 1. The summed E-state index contributed by atoms with van der Waals surface area (Å²) in [6, 6.07) is 0.429. The molecule has 2 heteroatoms. The van der Waals surface area contributed by atoms with Crippen LogP contribution in [-0.4, -0.2) is 30.6 Å². The van der Waals surface area contributed by atoms with Gasteiger partial charge >= 0.3 is 0 Å². The Morgan fingerprint density at radius 3 is 2.15 bits per heavy atom. The largest absolute Gasteiger partial charge is 0.327 e. The predicted molar refractivity (Wildman–Crippen MR) is 87.7 cm³/mol. The fraction of sp³-hybridized carbons (Fsp3) is 1.00. The highest BCUT2D eigenvalue weighted by molar-refractivity contribution is 4.90. The number of likely N-dealkylation sites (tertiary alicyclic amines) is 1. The third kappa shape index (κ3) is 3.57. The van der Waals surface area contributed by atoms with Gasteiger partial charge in [-0.3, -0.25) is 0 Å². The summed E-state index contributed by atoms with van der Waals surface area (Å²) in [7, 11) is 0. The minimum absolute atomic E-state index is 0.429. The number of hydrogen-bond acceptors (Lipinski definition) is 2. The molecule has 2 aliphatic rings. The number of nitrogens with two attached hydrogens (primary N) is 1. The molecule has 20 heavy (non-hydrogen) atoms. The maximum absolute atomic E-state index is 6.46. The lowest BCUT2D eigenvalue weighted by molar-refractivity contribution is 0.0573. The molecule has 0 aromatic rings. The molecule has 0 spiro atoms. The highest BCUT2D eigenvalue weighted by atomic mass is 15.1. The van der Waals surface area contributed by atoms with E-state index < -0.39 is 0 Å². The first-order valence-electron chi connectivity index (χ1n) is 8.97. The Hall–Kier alpha value is -0.0800. The van der Waals surface area contributed by atoms with Crippen molar-refractivity contribution in [3.8, 4) is 0 Å². The molecule has 0 aromatic heterocycles. The van der Waals surface area contributed by atoms with Crippen molar-refractivity contribution >= 4 is 0 Å². The van der Waals surface area contributed by atoms with Gasteiger partial charge in [0.2, 0.25) is 0 Å². The van der Waals surface area contributed by atoms with Crippen molar-refractivity contribution in [1.82, 2.24) is 4.90 Å². The third-order valence-corrected chi connectivity index (χ3v) is 6.62. The van der Waals surface area contributed by atoms with Gasteiger partial charge in [0.25, 0.3) is 0 Å². The Morgan fingerprint density at radius 1 is 1.05 bits per heavy atom. The molecule has 2 rings (SSSR count). The van der Waals surface area contributed by atoms with Crippen LogP contribution in [-0.2, 0) is 0 Å². The van der Waals surface area contributed by atoms with E-state index in [4.69, 9.17) is 5.73 Å². The van der Waals surface area contributed by atoms with E-state index in [0.29, 0.717) is 11.5 Å². The van der Waals surface area contributed by atoms with Gasteiger partial charge < -0.3 is 10.6 Å². The molecule has 2 nitrogen and oxygen atoms in total. The van der Waals surface area contributed by atoms with E-state index in [0.717, 1.165) is 17.8 Å². The Morgan fingerprint density at radius 2 is 1.65 bits per heavy atom. The van der Waals surface area contributed by atoms with E-state index in [-0.39, 0.29) is 0 Å². The molecule has 1 aliphatic carbocycles. The standard InChI is InChI=1S/C18H36N2/c1-5-18(6-2)7-9-20(10-8-18)13-16-15(4)11-14(3)12-17(16)19/h14-17H,5-13,19H2,1-4H3. The van der Waals surface area contributed by atoms with E-state index in [1.807, 2.05) is 0 Å². The summed E-state index contributed by atoms with van der Waals surface area (Å²) in [6.07, 6.45) is 8.11. The summed E-state index contributed by atoms with van der Waals surface area (Å²) in [5.41, 5.74) is 7.10. The summed E-state index contributed by atoms with van der Waals surface area (Å²) < 4.78 is 0. The molecule has 4 unspecified atom stereocenters. The summed E-state index contributed by atoms with van der Waals surface area (Å²) >= 11 is 0. The van der Waals surface area contributed by atoms with Crippen LogP contribution in [0.1, 0.15) is 66.2 Å². The van der Waals surface area contributed by atoms with Gasteiger partial charge in [-0.1, -0.05) is 40.5 Å². The van der Waals surface area contributed by atoms with Gasteiger partial charge in [-0.25, -0.2) is 0 Å². The average Bonchev–Trinajstić information content (AvgIpc) is 2.43. The summed E-state index contributed by atoms with van der Waals surface area (Å²) in [5, 5.41) is 0. The smallest absolute Gasteiger partial charge is 0.00844 e. The quantitative estimate of drug-likeness (QED) is 0.846. The maximum Gasteiger partial charge on any atom is 0.00844 e. The van der Waals surface area contributed by atoms with E-state index in [9.17, 15) is 0 Å². The van der Waals surface area contributed by atoms with Crippen LogP contribution in [0, 0.1) is 23.2 Å². The molecule has 1 saturated carbocycles. The van der Waals surface area contributed by atoms with Crippen LogP contribution in [0.2, 0.25) is 0 Å². The van der Waals surface area contributed by atoms with Gasteiger partial charge in [0.05, 0.1) is 0 Å². The van der Waals surface area contributed by atoms with Crippen molar-refractivity contribution in [2.75, 3.05) is 19.6 Å². The molecule has 0 radical (unpaired) electrons. The first-order chi connectivity index (χ1) is 9.49. The average molecular weight is 281 g/mol. The van der Waals surface area contributed by atoms with Gasteiger partial charge in [0.15, 0.2) is 0 Å². The van der Waals surface area contributed by atoms with E-state index >= 15 is 0 Å². The monoisotopic (exact) mass is 280 g/mol. The van der Waals surface area contributed by atoms with Crippen LogP contribution >= 0.6 is 0 Å². The normalized spacial score (nSPS) is 38.9. The molecular weight excluding hydrogens is 244 g/mol. The molecule has 0 amide bonds. The highest BCUT2D eigenvalue weighted by Gasteiger charge is 2.36. The fourth-order valence-electron chi connectivity index (χ4n) is 4.75. The molecule has 0 bridgehead atoms. The summed E-state index contributed by atoms with van der Waals surface area (Å²) in [6.45, 7) is 13.4. The molecule has 2 N–H and O–H groups in total. The van der Waals surface area contributed by atoms with E-state index in [1.54, 1.807) is 0 Å². The Balaban J connectivity index is 1.86. The van der Waals surface area contributed by atoms with Crippen LogP contribution < -0.4 is 5.73 Å². The molecule has 4 atom stereocenters. The topological polar surface area (TPSA) is 29.3 Å². The maximum atomic E-state index is 6.46. The van der Waals surface area contributed by atoms with Gasteiger partial charge in [-0.05, 0) is 61.9 Å². The van der Waals surface area contributed by atoms with E-state index in [1.165, 1.54) is 58.2 Å². The van der Waals surface area contributed by atoms with Crippen LogP contribution in [0.3, 0.4) is 0 Å². The first-order valence-corrected chi connectivity index (χ1v) is 8.97. The number of hydrogen-bond donors (Lipinski definition) is 1. The molecule has 1 saturated heterocycles. The SMILES string of the molecule is CCC1(CC)CCN(CC2C(C)CC(C)CC2N)CC1. The molecule has 118 valence electrons. The summed E-state index contributed by atoms with van der Waals surface area (Å²) in [4.78, 5) is 2.71. The van der Waals surface area contributed by atoms with Gasteiger partial charge in [0, 0.05) is 12.6 Å². The Labute approximate surface area is 126 Å². The number of rotatable bonds is 4. The molecule has 1 heterocycles. The van der Waals surface area contributed by atoms with Crippen LogP contribution in [0.25, 0.3) is 0 Å². The lowest BCUT2D eigenvalue weighted by Gasteiger charge is -2.45. The lowest BCUT2D eigenvalue weighted by atomic mass is 9.71. The van der Waals surface area contributed by atoms with Crippen molar-refractivity contribution in [3.05, 3.63) is 0 Å². The van der Waals surface area contributed by atoms with Gasteiger partial charge in [-0.15, -0.1) is 0 Å². The van der Waals surface area contributed by atoms with Crippen molar-refractivity contribution < 1.29 is 0 Å².